The molecule has 0 fully saturated rings. The molecule has 0 N–H and O–H groups in total. The third-order valence-corrected chi connectivity index (χ3v) is 19.5. The zero-order valence-electron chi connectivity index (χ0n) is 38.2. The summed E-state index contributed by atoms with van der Waals surface area (Å²) in [7, 11) is -3.37. The highest BCUT2D eigenvalue weighted by atomic mass is 31.2. The molecule has 0 amide bonds. The molecule has 0 saturated carbocycles. The zero-order valence-corrected chi connectivity index (χ0v) is 40.0. The molecule has 4 heteroatoms. The van der Waals surface area contributed by atoms with Crippen molar-refractivity contribution in [3.05, 3.63) is 0 Å². The summed E-state index contributed by atoms with van der Waals surface area (Å²) in [6.45, 7) is 26.1. The second-order valence-corrected chi connectivity index (χ2v) is 27.5. The van der Waals surface area contributed by atoms with Crippen LogP contribution in [-0.4, -0.2) is 43.6 Å². The first kappa shape index (κ1) is 52.6. The van der Waals surface area contributed by atoms with Gasteiger partial charge in [0.25, 0.3) is 0 Å². The molecule has 0 radical (unpaired) electrons. The van der Waals surface area contributed by atoms with E-state index in [1.807, 2.05) is 0 Å². The Labute approximate surface area is 331 Å². The van der Waals surface area contributed by atoms with Crippen LogP contribution < -0.4 is 0 Å². The lowest BCUT2D eigenvalue weighted by Crippen LogP contribution is -2.19. The molecule has 0 heterocycles. The van der Waals surface area contributed by atoms with Crippen molar-refractivity contribution in [2.24, 2.45) is 22.7 Å². The Morgan fingerprint density at radius 1 is 0.442 bits per heavy atom. The third-order valence-electron chi connectivity index (χ3n) is 11.4. The molecule has 0 bridgehead atoms. The number of unbranched alkanes of at least 4 members (excludes halogenated alkanes) is 20. The van der Waals surface area contributed by atoms with Crippen molar-refractivity contribution in [3.8, 4) is 0 Å². The SMILES string of the molecule is CCCCCC[P+](CCCCCC)(CCCCCC)CCCCCCCCCCCCCCOP(=O)(CC(C)CC(C)(C)C)CC(C)CC(C)(C)C. The summed E-state index contributed by atoms with van der Waals surface area (Å²) in [5, 5.41) is 0. The van der Waals surface area contributed by atoms with Crippen LogP contribution >= 0.6 is 14.6 Å². The highest BCUT2D eigenvalue weighted by Crippen LogP contribution is 2.61. The van der Waals surface area contributed by atoms with Crippen LogP contribution in [0.15, 0.2) is 0 Å². The molecule has 0 aromatic carbocycles. The third kappa shape index (κ3) is 32.8. The Morgan fingerprint density at radius 2 is 0.712 bits per heavy atom. The lowest BCUT2D eigenvalue weighted by Gasteiger charge is -2.30. The van der Waals surface area contributed by atoms with Gasteiger partial charge < -0.3 is 4.52 Å². The van der Waals surface area contributed by atoms with Crippen molar-refractivity contribution in [2.75, 3.05) is 43.6 Å². The molecule has 0 aromatic heterocycles. The van der Waals surface area contributed by atoms with Gasteiger partial charge in [0.05, 0.1) is 31.3 Å². The second-order valence-electron chi connectivity index (χ2n) is 20.4. The summed E-state index contributed by atoms with van der Waals surface area (Å²) in [6, 6.07) is 0. The van der Waals surface area contributed by atoms with Crippen LogP contribution in [-0.2, 0) is 9.09 Å². The molecule has 2 nitrogen and oxygen atoms in total. The fraction of sp³-hybridized carbons (Fsp3) is 1.00. The first-order chi connectivity index (χ1) is 24.6. The van der Waals surface area contributed by atoms with Crippen molar-refractivity contribution < 1.29 is 9.09 Å². The molecule has 0 saturated heterocycles. The Bertz CT molecular complexity index is 766. The fourth-order valence-corrected chi connectivity index (χ4v) is 17.1. The first-order valence-corrected chi connectivity index (χ1v) is 28.2. The van der Waals surface area contributed by atoms with Gasteiger partial charge in [0.2, 0.25) is 7.37 Å². The van der Waals surface area contributed by atoms with Crippen LogP contribution in [0.4, 0.5) is 0 Å². The molecule has 314 valence electrons. The van der Waals surface area contributed by atoms with E-state index in [4.69, 9.17) is 4.52 Å². The summed E-state index contributed by atoms with van der Waals surface area (Å²) in [4.78, 5) is 0. The van der Waals surface area contributed by atoms with Gasteiger partial charge in [-0.2, -0.15) is 0 Å². The predicted molar refractivity (Wildman–Crippen MR) is 244 cm³/mol. The maximum absolute atomic E-state index is 14.1. The average Bonchev–Trinajstić information content (AvgIpc) is 3.03. The van der Waals surface area contributed by atoms with E-state index in [9.17, 15) is 4.57 Å². The Morgan fingerprint density at radius 3 is 1.00 bits per heavy atom. The minimum absolute atomic E-state index is 0.267. The maximum atomic E-state index is 14.1. The van der Waals surface area contributed by atoms with Gasteiger partial charge in [0, 0.05) is 19.6 Å². The van der Waals surface area contributed by atoms with Gasteiger partial charge >= 0.3 is 0 Å². The lowest BCUT2D eigenvalue weighted by atomic mass is 9.86. The summed E-state index contributed by atoms with van der Waals surface area (Å²) >= 11 is 0. The van der Waals surface area contributed by atoms with Crippen LogP contribution in [0, 0.1) is 22.7 Å². The van der Waals surface area contributed by atoms with Gasteiger partial charge in [-0.05, 0) is 93.3 Å². The van der Waals surface area contributed by atoms with Crippen LogP contribution in [0.2, 0.25) is 0 Å². The minimum Gasteiger partial charge on any atom is -0.328 e. The van der Waals surface area contributed by atoms with Crippen LogP contribution in [0.25, 0.3) is 0 Å². The van der Waals surface area contributed by atoms with E-state index in [-0.39, 0.29) is 10.8 Å². The molecular weight excluding hydrogens is 670 g/mol. The number of hydrogen-bond acceptors (Lipinski definition) is 2. The molecule has 52 heavy (non-hydrogen) atoms. The van der Waals surface area contributed by atoms with Crippen molar-refractivity contribution in [2.45, 2.75) is 243 Å². The van der Waals surface area contributed by atoms with Crippen molar-refractivity contribution in [1.82, 2.24) is 0 Å². The number of hydrogen-bond donors (Lipinski definition) is 0. The highest BCUT2D eigenvalue weighted by molar-refractivity contribution is 7.75. The molecule has 0 aromatic rings. The Kier molecular flexibility index (Phi) is 32.1. The normalized spacial score (nSPS) is 15.2. The van der Waals surface area contributed by atoms with E-state index in [2.05, 4.69) is 76.2 Å². The van der Waals surface area contributed by atoms with E-state index in [0.717, 1.165) is 31.6 Å². The largest absolute Gasteiger partial charge is 0.328 e. The molecule has 0 rings (SSSR count). The van der Waals surface area contributed by atoms with E-state index >= 15 is 0 Å². The summed E-state index contributed by atoms with van der Waals surface area (Å²) in [6.07, 6.45) is 44.1. The molecule has 0 aliphatic rings. The van der Waals surface area contributed by atoms with Crippen LogP contribution in [0.1, 0.15) is 243 Å². The Balaban J connectivity index is 4.41. The highest BCUT2D eigenvalue weighted by Gasteiger charge is 2.35. The van der Waals surface area contributed by atoms with Gasteiger partial charge in [-0.3, -0.25) is 4.57 Å². The van der Waals surface area contributed by atoms with Gasteiger partial charge in [-0.15, -0.1) is 0 Å². The number of rotatable bonds is 37. The van der Waals surface area contributed by atoms with Gasteiger partial charge in [-0.1, -0.05) is 172 Å². The molecule has 0 aliphatic carbocycles. The average molecular weight is 772 g/mol. The van der Waals surface area contributed by atoms with Crippen molar-refractivity contribution in [3.63, 3.8) is 0 Å². The van der Waals surface area contributed by atoms with Crippen molar-refractivity contribution in [1.29, 1.82) is 0 Å². The van der Waals surface area contributed by atoms with Crippen molar-refractivity contribution >= 4 is 14.6 Å². The van der Waals surface area contributed by atoms with Crippen LogP contribution in [0.3, 0.4) is 0 Å². The van der Waals surface area contributed by atoms with E-state index in [1.54, 1.807) is 24.6 Å². The Hall–Kier alpha value is 0.620. The summed E-state index contributed by atoms with van der Waals surface area (Å²) in [5.74, 6) is 0.877. The monoisotopic (exact) mass is 772 g/mol. The predicted octanol–water partition coefficient (Wildman–Crippen LogP) is 17.9. The first-order valence-electron chi connectivity index (χ1n) is 23.7. The smallest absolute Gasteiger partial charge is 0.203 e. The summed E-state index contributed by atoms with van der Waals surface area (Å²) < 4.78 is 20.5. The maximum Gasteiger partial charge on any atom is 0.203 e. The minimum atomic E-state index is -2.62. The van der Waals surface area contributed by atoms with Gasteiger partial charge in [-0.25, -0.2) is 0 Å². The standard InChI is InChI=1S/C48H101O2P2/c1-12-15-18-32-37-51(38-33-19-16-13-2,39-34-20-17-14-3)40-35-30-28-26-24-22-21-23-25-27-29-31-36-50-52(49,43-45(4)41-47(6,7)8)44-46(5)42-48(9,10)11/h45-46H,12-44H2,1-11H3/q+1. The topological polar surface area (TPSA) is 26.3 Å². The molecular formula is C48H101O2P2+. The zero-order chi connectivity index (χ0) is 39.2. The fourth-order valence-electron chi connectivity index (χ4n) is 9.19. The van der Waals surface area contributed by atoms with Gasteiger partial charge in [0.1, 0.15) is 0 Å². The van der Waals surface area contributed by atoms with E-state index < -0.39 is 14.6 Å². The molecule has 2 atom stereocenters. The molecule has 2 unspecified atom stereocenters. The summed E-state index contributed by atoms with van der Waals surface area (Å²) in [5.41, 5.74) is 0.534. The van der Waals surface area contributed by atoms with Crippen LogP contribution in [0.5, 0.6) is 0 Å². The quantitative estimate of drug-likeness (QED) is 0.0464. The molecule has 0 spiro atoms. The van der Waals surface area contributed by atoms with E-state index in [1.165, 1.54) is 148 Å². The second kappa shape index (κ2) is 31.7. The lowest BCUT2D eigenvalue weighted by molar-refractivity contribution is 0.273. The van der Waals surface area contributed by atoms with Gasteiger partial charge in [0.15, 0.2) is 0 Å². The molecule has 0 aliphatic heterocycles. The van der Waals surface area contributed by atoms with E-state index in [0.29, 0.717) is 18.4 Å².